The van der Waals surface area contributed by atoms with Gasteiger partial charge in [-0.3, -0.25) is 9.69 Å². The number of hydrogen-bond acceptors (Lipinski definition) is 4. The predicted octanol–water partition coefficient (Wildman–Crippen LogP) is 3.59. The van der Waals surface area contributed by atoms with Gasteiger partial charge < -0.3 is 9.47 Å². The molecule has 2 aliphatic heterocycles. The fraction of sp³-hybridized carbons (Fsp3) is 0.947. The van der Waals surface area contributed by atoms with E-state index in [1.807, 2.05) is 0 Å². The zero-order valence-corrected chi connectivity index (χ0v) is 15.0. The molecule has 2 heterocycles. The Morgan fingerprint density at radius 2 is 1.91 bits per heavy atom. The van der Waals surface area contributed by atoms with Gasteiger partial charge in [-0.25, -0.2) is 0 Å². The molecular weight excluding hydrogens is 290 g/mol. The Kier molecular flexibility index (Phi) is 5.63. The van der Waals surface area contributed by atoms with Gasteiger partial charge in [0, 0.05) is 0 Å². The minimum Gasteiger partial charge on any atom is -0.434 e. The summed E-state index contributed by atoms with van der Waals surface area (Å²) in [6, 6.07) is 0.132. The van der Waals surface area contributed by atoms with Gasteiger partial charge in [0.15, 0.2) is 0 Å². The number of likely N-dealkylation sites (tertiary alicyclic amines) is 1. The third kappa shape index (κ3) is 4.08. The number of esters is 1. The average molecular weight is 323 g/mol. The summed E-state index contributed by atoms with van der Waals surface area (Å²) in [5.41, 5.74) is 0. The Morgan fingerprint density at radius 3 is 2.61 bits per heavy atom. The van der Waals surface area contributed by atoms with Crippen molar-refractivity contribution in [1.29, 1.82) is 0 Å². The van der Waals surface area contributed by atoms with Crippen molar-refractivity contribution in [3.63, 3.8) is 0 Å². The molecule has 0 bridgehead atoms. The number of rotatable bonds is 4. The van der Waals surface area contributed by atoms with Gasteiger partial charge in [-0.1, -0.05) is 33.6 Å². The second-order valence-electron chi connectivity index (χ2n) is 8.23. The molecule has 0 aromatic heterocycles. The quantitative estimate of drug-likeness (QED) is 0.741. The van der Waals surface area contributed by atoms with E-state index in [4.69, 9.17) is 9.47 Å². The maximum Gasteiger partial charge on any atom is 0.309 e. The van der Waals surface area contributed by atoms with Crippen LogP contribution in [0.25, 0.3) is 0 Å². The predicted molar refractivity (Wildman–Crippen MR) is 89.9 cm³/mol. The molecule has 3 aliphatic rings. The van der Waals surface area contributed by atoms with Gasteiger partial charge in [-0.15, -0.1) is 0 Å². The number of nitrogens with zero attached hydrogens (tertiary/aromatic N) is 1. The number of hydrogen-bond donors (Lipinski definition) is 0. The summed E-state index contributed by atoms with van der Waals surface area (Å²) in [6.07, 6.45) is 7.78. The van der Waals surface area contributed by atoms with Crippen molar-refractivity contribution in [1.82, 2.24) is 4.90 Å². The van der Waals surface area contributed by atoms with Crippen molar-refractivity contribution in [2.75, 3.05) is 13.1 Å². The van der Waals surface area contributed by atoms with Crippen LogP contribution in [0.15, 0.2) is 0 Å². The molecule has 4 heteroatoms. The van der Waals surface area contributed by atoms with Crippen molar-refractivity contribution in [3.05, 3.63) is 0 Å². The Bertz CT molecular complexity index is 405. The van der Waals surface area contributed by atoms with Crippen molar-refractivity contribution in [3.8, 4) is 0 Å². The van der Waals surface area contributed by atoms with Gasteiger partial charge in [-0.05, 0) is 56.5 Å². The average Bonchev–Trinajstić information content (AvgIpc) is 2.88. The van der Waals surface area contributed by atoms with Crippen LogP contribution in [0.2, 0.25) is 0 Å². The summed E-state index contributed by atoms with van der Waals surface area (Å²) >= 11 is 0. The van der Waals surface area contributed by atoms with Gasteiger partial charge in [0.1, 0.15) is 0 Å². The van der Waals surface area contributed by atoms with Gasteiger partial charge in [0.2, 0.25) is 6.29 Å². The van der Waals surface area contributed by atoms with Crippen LogP contribution in [-0.4, -0.2) is 42.4 Å². The summed E-state index contributed by atoms with van der Waals surface area (Å²) in [5, 5.41) is 0. The first-order valence-corrected chi connectivity index (χ1v) is 9.63. The molecule has 23 heavy (non-hydrogen) atoms. The van der Waals surface area contributed by atoms with Crippen LogP contribution in [0.1, 0.15) is 65.7 Å². The lowest BCUT2D eigenvalue weighted by Gasteiger charge is -2.40. The molecule has 132 valence electrons. The van der Waals surface area contributed by atoms with E-state index in [1.165, 1.54) is 32.1 Å². The second-order valence-corrected chi connectivity index (χ2v) is 8.23. The number of cyclic esters (lactones) is 1. The lowest BCUT2D eigenvalue weighted by molar-refractivity contribution is -0.198. The summed E-state index contributed by atoms with van der Waals surface area (Å²) in [7, 11) is 0. The Hall–Kier alpha value is -0.610. The molecule has 1 aliphatic carbocycles. The fourth-order valence-electron chi connectivity index (χ4n) is 4.64. The molecule has 0 amide bonds. The third-order valence-corrected chi connectivity index (χ3v) is 6.07. The topological polar surface area (TPSA) is 38.8 Å². The first kappa shape index (κ1) is 17.2. The summed E-state index contributed by atoms with van der Waals surface area (Å²) in [4.78, 5) is 14.3. The van der Waals surface area contributed by atoms with E-state index >= 15 is 0 Å². The van der Waals surface area contributed by atoms with Crippen LogP contribution in [-0.2, 0) is 14.3 Å². The van der Waals surface area contributed by atoms with E-state index in [1.54, 1.807) is 0 Å². The summed E-state index contributed by atoms with van der Waals surface area (Å²) in [6.45, 7) is 9.06. The highest BCUT2D eigenvalue weighted by Crippen LogP contribution is 2.37. The molecule has 0 radical (unpaired) electrons. The summed E-state index contributed by atoms with van der Waals surface area (Å²) in [5.74, 6) is 1.83. The minimum atomic E-state index is -0.350. The molecule has 3 rings (SSSR count). The van der Waals surface area contributed by atoms with E-state index in [0.717, 1.165) is 19.5 Å². The first-order valence-electron chi connectivity index (χ1n) is 9.63. The lowest BCUT2D eigenvalue weighted by atomic mass is 9.75. The smallest absolute Gasteiger partial charge is 0.309 e. The lowest BCUT2D eigenvalue weighted by Crippen LogP contribution is -2.47. The zero-order chi connectivity index (χ0) is 16.4. The SMILES string of the molecule is CC(C)[C@@H]1CC[C@@H](C)C[C@H]1O[C@@H]1OC(=O)C[C@H]1N1CCCCC1. The van der Waals surface area contributed by atoms with Gasteiger partial charge in [0.05, 0.1) is 18.6 Å². The third-order valence-electron chi connectivity index (χ3n) is 6.07. The molecule has 0 unspecified atom stereocenters. The maximum absolute atomic E-state index is 11.9. The van der Waals surface area contributed by atoms with Crippen molar-refractivity contribution >= 4 is 5.97 Å². The van der Waals surface area contributed by atoms with Gasteiger partial charge >= 0.3 is 5.97 Å². The zero-order valence-electron chi connectivity index (χ0n) is 15.0. The molecule has 5 atom stereocenters. The van der Waals surface area contributed by atoms with Crippen LogP contribution >= 0.6 is 0 Å². The number of carbonyl (C=O) groups is 1. The number of ether oxygens (including phenoxy) is 2. The Morgan fingerprint density at radius 1 is 1.17 bits per heavy atom. The molecule has 0 N–H and O–H groups in total. The highest BCUT2D eigenvalue weighted by atomic mass is 16.7. The van der Waals surface area contributed by atoms with Crippen molar-refractivity contribution in [2.45, 2.75) is 84.2 Å². The first-order chi connectivity index (χ1) is 11.0. The van der Waals surface area contributed by atoms with Crippen LogP contribution in [0, 0.1) is 17.8 Å². The number of piperidine rings is 1. The molecule has 3 fully saturated rings. The molecule has 4 nitrogen and oxygen atoms in total. The normalized spacial score (nSPS) is 39.7. The van der Waals surface area contributed by atoms with Crippen LogP contribution in [0.5, 0.6) is 0 Å². The van der Waals surface area contributed by atoms with E-state index in [9.17, 15) is 4.79 Å². The Balaban J connectivity index is 1.66. The van der Waals surface area contributed by atoms with Crippen LogP contribution < -0.4 is 0 Å². The molecule has 0 aromatic carbocycles. The molecule has 2 saturated heterocycles. The second kappa shape index (κ2) is 7.52. The molecule has 0 spiro atoms. The van der Waals surface area contributed by atoms with E-state index < -0.39 is 0 Å². The molecule has 1 saturated carbocycles. The van der Waals surface area contributed by atoms with E-state index in [-0.39, 0.29) is 24.4 Å². The van der Waals surface area contributed by atoms with Gasteiger partial charge in [-0.2, -0.15) is 0 Å². The molecular formula is C19H33NO3. The van der Waals surface area contributed by atoms with Crippen LogP contribution in [0.4, 0.5) is 0 Å². The largest absolute Gasteiger partial charge is 0.434 e. The van der Waals surface area contributed by atoms with Crippen molar-refractivity contribution in [2.24, 2.45) is 17.8 Å². The highest BCUT2D eigenvalue weighted by Gasteiger charge is 2.43. The minimum absolute atomic E-state index is 0.0875. The van der Waals surface area contributed by atoms with E-state index in [0.29, 0.717) is 24.2 Å². The van der Waals surface area contributed by atoms with Gasteiger partial charge in [0.25, 0.3) is 0 Å². The number of carbonyl (C=O) groups excluding carboxylic acids is 1. The van der Waals surface area contributed by atoms with Crippen LogP contribution in [0.3, 0.4) is 0 Å². The van der Waals surface area contributed by atoms with Crippen molar-refractivity contribution < 1.29 is 14.3 Å². The maximum atomic E-state index is 11.9. The highest BCUT2D eigenvalue weighted by molar-refractivity contribution is 5.72. The fourth-order valence-corrected chi connectivity index (χ4v) is 4.64. The van der Waals surface area contributed by atoms with E-state index in [2.05, 4.69) is 25.7 Å². The Labute approximate surface area is 140 Å². The molecule has 0 aromatic rings. The summed E-state index contributed by atoms with van der Waals surface area (Å²) < 4.78 is 12.0. The standard InChI is InChI=1S/C19H33NO3/c1-13(2)15-8-7-14(3)11-17(15)22-19-16(12-18(21)23-19)20-9-5-4-6-10-20/h13-17,19H,4-12H2,1-3H3/t14-,15+,16-,17-,19-/m1/s1. The monoisotopic (exact) mass is 323 g/mol.